The number of benzene rings is 3. The Morgan fingerprint density at radius 3 is 2.06 bits per heavy atom. The molecule has 3 N–H and O–H groups in total. The molecule has 2 aliphatic rings. The Labute approximate surface area is 190 Å². The summed E-state index contributed by atoms with van der Waals surface area (Å²) in [6, 6.07) is 16.6. The normalized spacial score (nSPS) is 14.2. The van der Waals surface area contributed by atoms with Crippen LogP contribution < -0.4 is 4.74 Å². The summed E-state index contributed by atoms with van der Waals surface area (Å²) >= 11 is 0. The minimum Gasteiger partial charge on any atom is -0.508 e. The number of rotatable bonds is 4. The smallest absolute Gasteiger partial charge is 0.340 e. The molecule has 0 amide bonds. The van der Waals surface area contributed by atoms with Crippen molar-refractivity contribution in [3.8, 4) is 23.0 Å². The van der Waals surface area contributed by atoms with Crippen LogP contribution in [0.4, 0.5) is 0 Å². The fraction of sp³-hybridized carbons (Fsp3) is 0.231. The average molecular weight is 448 g/mol. The zero-order valence-corrected chi connectivity index (χ0v) is 18.1. The third kappa shape index (κ3) is 3.98. The third-order valence-electron chi connectivity index (χ3n) is 5.68. The topological polar surface area (TPSA) is 113 Å². The van der Waals surface area contributed by atoms with E-state index in [0.717, 1.165) is 19.3 Å². The van der Waals surface area contributed by atoms with Crippen molar-refractivity contribution in [2.24, 2.45) is 0 Å². The first-order valence-electron chi connectivity index (χ1n) is 10.8. The Hall–Kier alpha value is -4.00. The number of carboxylic acid groups (broad SMARTS) is 1. The molecule has 0 aliphatic carbocycles. The van der Waals surface area contributed by atoms with E-state index in [1.165, 1.54) is 24.3 Å². The fourth-order valence-electron chi connectivity index (χ4n) is 4.18. The summed E-state index contributed by atoms with van der Waals surface area (Å²) in [5, 5.41) is 27.8. The van der Waals surface area contributed by atoms with Crippen molar-refractivity contribution in [1.82, 2.24) is 0 Å². The van der Waals surface area contributed by atoms with Gasteiger partial charge in [-0.1, -0.05) is 38.0 Å². The molecule has 33 heavy (non-hydrogen) atoms. The highest BCUT2D eigenvalue weighted by Crippen LogP contribution is 2.56. The molecule has 0 fully saturated rings. The van der Waals surface area contributed by atoms with Gasteiger partial charge in [0.2, 0.25) is 0 Å². The van der Waals surface area contributed by atoms with E-state index in [4.69, 9.17) is 14.6 Å². The summed E-state index contributed by atoms with van der Waals surface area (Å²) < 4.78 is 11.8. The minimum absolute atomic E-state index is 0.0371. The lowest BCUT2D eigenvalue weighted by atomic mass is 9.77. The standard InChI is InChI=1S/C20H12O5.C6H12O2/c21-11-5-7-15-17(9-11)24-18-10-12(22)6-8-16(18)20(15)14-4-2-1-3-13(14)19(23)25-20;1-2-3-4-5-6(7)8/h1-10,21-22H;2-5H2,1H3,(H,7,8). The molecule has 7 nitrogen and oxygen atoms in total. The van der Waals surface area contributed by atoms with Gasteiger partial charge in [0.15, 0.2) is 5.60 Å². The highest BCUT2D eigenvalue weighted by Gasteiger charge is 2.53. The first-order valence-corrected chi connectivity index (χ1v) is 10.8. The molecule has 3 aromatic rings. The van der Waals surface area contributed by atoms with Crippen molar-refractivity contribution in [2.45, 2.75) is 38.2 Å². The summed E-state index contributed by atoms with van der Waals surface area (Å²) in [6.45, 7) is 2.06. The lowest BCUT2D eigenvalue weighted by molar-refractivity contribution is -0.137. The quantitative estimate of drug-likeness (QED) is 0.366. The predicted molar refractivity (Wildman–Crippen MR) is 120 cm³/mol. The van der Waals surface area contributed by atoms with Gasteiger partial charge in [0.05, 0.1) is 5.56 Å². The Balaban J connectivity index is 0.000000281. The molecule has 0 unspecified atom stereocenters. The molecule has 0 saturated carbocycles. The number of carbonyl (C=O) groups excluding carboxylic acids is 1. The van der Waals surface area contributed by atoms with Crippen LogP contribution in [-0.4, -0.2) is 27.3 Å². The van der Waals surface area contributed by atoms with Gasteiger partial charge < -0.3 is 24.8 Å². The maximum Gasteiger partial charge on any atom is 0.340 e. The second-order valence-electron chi connectivity index (χ2n) is 7.93. The van der Waals surface area contributed by atoms with Gasteiger partial charge in [-0.3, -0.25) is 4.79 Å². The lowest BCUT2D eigenvalue weighted by Gasteiger charge is -2.36. The number of esters is 1. The van der Waals surface area contributed by atoms with Gasteiger partial charge in [0.25, 0.3) is 0 Å². The van der Waals surface area contributed by atoms with Crippen LogP contribution in [0.15, 0.2) is 60.7 Å². The van der Waals surface area contributed by atoms with Crippen LogP contribution in [0.25, 0.3) is 0 Å². The molecule has 0 aromatic heterocycles. The molecule has 2 heterocycles. The van der Waals surface area contributed by atoms with Crippen molar-refractivity contribution < 1.29 is 34.4 Å². The van der Waals surface area contributed by atoms with Gasteiger partial charge in [-0.05, 0) is 36.8 Å². The Kier molecular flexibility index (Phi) is 5.96. The van der Waals surface area contributed by atoms with Gasteiger partial charge in [-0.15, -0.1) is 0 Å². The van der Waals surface area contributed by atoms with Crippen LogP contribution >= 0.6 is 0 Å². The summed E-state index contributed by atoms with van der Waals surface area (Å²) in [5.41, 5.74) is 1.28. The monoisotopic (exact) mass is 448 g/mol. The molecule has 0 atom stereocenters. The number of phenols is 2. The van der Waals surface area contributed by atoms with E-state index in [0.29, 0.717) is 40.2 Å². The zero-order valence-electron chi connectivity index (χ0n) is 18.1. The van der Waals surface area contributed by atoms with Gasteiger partial charge in [-0.2, -0.15) is 0 Å². The van der Waals surface area contributed by atoms with Crippen LogP contribution in [0, 0.1) is 0 Å². The van der Waals surface area contributed by atoms with Crippen LogP contribution in [0.2, 0.25) is 0 Å². The molecule has 7 heteroatoms. The Bertz CT molecular complexity index is 1160. The van der Waals surface area contributed by atoms with Crippen molar-refractivity contribution in [3.63, 3.8) is 0 Å². The van der Waals surface area contributed by atoms with Crippen LogP contribution in [0.3, 0.4) is 0 Å². The number of ether oxygens (including phenoxy) is 2. The zero-order chi connectivity index (χ0) is 23.6. The van der Waals surface area contributed by atoms with Crippen molar-refractivity contribution in [1.29, 1.82) is 0 Å². The SMILES string of the molecule is CCCCCC(=O)O.O=C1OC2(c3ccc(O)cc3Oc3cc(O)ccc32)c2ccccc21. The molecule has 3 aromatic carbocycles. The number of unbranched alkanes of at least 4 members (excludes halogenated alkanes) is 2. The first kappa shape index (κ1) is 22.2. The van der Waals surface area contributed by atoms with Crippen molar-refractivity contribution in [3.05, 3.63) is 82.9 Å². The number of hydrogen-bond donors (Lipinski definition) is 3. The molecular weight excluding hydrogens is 424 g/mol. The number of hydrogen-bond acceptors (Lipinski definition) is 6. The number of aromatic hydroxyl groups is 2. The van der Waals surface area contributed by atoms with Gasteiger partial charge in [0, 0.05) is 35.2 Å². The highest BCUT2D eigenvalue weighted by atomic mass is 16.6. The number of aliphatic carboxylic acids is 1. The van der Waals surface area contributed by atoms with Gasteiger partial charge in [-0.25, -0.2) is 4.79 Å². The molecule has 170 valence electrons. The molecular formula is C26H24O7. The second-order valence-corrected chi connectivity index (χ2v) is 7.93. The highest BCUT2D eigenvalue weighted by molar-refractivity contribution is 5.97. The van der Waals surface area contributed by atoms with Gasteiger partial charge >= 0.3 is 11.9 Å². The average Bonchev–Trinajstić information content (AvgIpc) is 3.07. The van der Waals surface area contributed by atoms with Crippen molar-refractivity contribution in [2.75, 3.05) is 0 Å². The number of phenolic OH excluding ortho intramolecular Hbond substituents is 2. The van der Waals surface area contributed by atoms with Crippen molar-refractivity contribution >= 4 is 11.9 Å². The van der Waals surface area contributed by atoms with Crippen LogP contribution in [-0.2, 0) is 15.1 Å². The summed E-state index contributed by atoms with van der Waals surface area (Å²) in [5.74, 6) is -0.274. The number of carboxylic acids is 1. The molecule has 0 bridgehead atoms. The molecule has 2 aliphatic heterocycles. The summed E-state index contributed by atoms with van der Waals surface area (Å²) in [6.07, 6.45) is 3.28. The Morgan fingerprint density at radius 2 is 1.48 bits per heavy atom. The number of fused-ring (bicyclic) bond motifs is 6. The van der Waals surface area contributed by atoms with E-state index in [9.17, 15) is 19.8 Å². The predicted octanol–water partition coefficient (Wildman–Crippen LogP) is 5.32. The summed E-state index contributed by atoms with van der Waals surface area (Å²) in [7, 11) is 0. The minimum atomic E-state index is -1.17. The van der Waals surface area contributed by atoms with E-state index in [1.54, 1.807) is 24.3 Å². The maximum atomic E-state index is 12.5. The maximum absolute atomic E-state index is 12.5. The van der Waals surface area contributed by atoms with E-state index >= 15 is 0 Å². The Morgan fingerprint density at radius 1 is 0.879 bits per heavy atom. The van der Waals surface area contributed by atoms with E-state index in [-0.39, 0.29) is 11.5 Å². The van der Waals surface area contributed by atoms with E-state index in [2.05, 4.69) is 6.92 Å². The number of carbonyl (C=O) groups is 2. The molecule has 5 rings (SSSR count). The molecule has 0 radical (unpaired) electrons. The van der Waals surface area contributed by atoms with E-state index in [1.807, 2.05) is 12.1 Å². The fourth-order valence-corrected chi connectivity index (χ4v) is 4.18. The van der Waals surface area contributed by atoms with Crippen LogP contribution in [0.1, 0.15) is 59.7 Å². The summed E-state index contributed by atoms with van der Waals surface area (Å²) in [4.78, 5) is 22.4. The molecule has 1 spiro atoms. The van der Waals surface area contributed by atoms with Crippen LogP contribution in [0.5, 0.6) is 23.0 Å². The van der Waals surface area contributed by atoms with E-state index < -0.39 is 17.5 Å². The second kappa shape index (κ2) is 8.86. The largest absolute Gasteiger partial charge is 0.508 e. The van der Waals surface area contributed by atoms with Gasteiger partial charge in [0.1, 0.15) is 23.0 Å². The third-order valence-corrected chi connectivity index (χ3v) is 5.68. The first-order chi connectivity index (χ1) is 15.9. The lowest BCUT2D eigenvalue weighted by Crippen LogP contribution is -2.32. The molecule has 0 saturated heterocycles.